The highest BCUT2D eigenvalue weighted by Gasteiger charge is 2.05. The highest BCUT2D eigenvalue weighted by molar-refractivity contribution is 5.73. The zero-order valence-corrected chi connectivity index (χ0v) is 13.7. The van der Waals surface area contributed by atoms with Crippen molar-refractivity contribution in [1.82, 2.24) is 20.4 Å². The number of nitrogens with one attached hydrogen (secondary N) is 2. The molecule has 6 nitrogen and oxygen atoms in total. The predicted octanol–water partition coefficient (Wildman–Crippen LogP) is 2.36. The molecular formula is C19H20N4O2. The Morgan fingerprint density at radius 2 is 1.80 bits per heavy atom. The van der Waals surface area contributed by atoms with Crippen molar-refractivity contribution < 1.29 is 9.90 Å². The van der Waals surface area contributed by atoms with Crippen LogP contribution in [-0.2, 0) is 19.7 Å². The van der Waals surface area contributed by atoms with Gasteiger partial charge >= 0.3 is 6.03 Å². The first-order valence-corrected chi connectivity index (χ1v) is 8.04. The molecule has 0 saturated carbocycles. The van der Waals surface area contributed by atoms with E-state index >= 15 is 0 Å². The molecule has 1 aromatic heterocycles. The van der Waals surface area contributed by atoms with Gasteiger partial charge in [0.1, 0.15) is 0 Å². The van der Waals surface area contributed by atoms with E-state index in [1.807, 2.05) is 60.8 Å². The summed E-state index contributed by atoms with van der Waals surface area (Å²) >= 11 is 0. The fourth-order valence-electron chi connectivity index (χ4n) is 2.54. The number of aliphatic hydroxyl groups excluding tert-OH is 1. The number of amides is 2. The molecule has 0 saturated heterocycles. The van der Waals surface area contributed by atoms with Crippen molar-refractivity contribution in [3.05, 3.63) is 83.7 Å². The monoisotopic (exact) mass is 336 g/mol. The summed E-state index contributed by atoms with van der Waals surface area (Å²) < 4.78 is 1.77. The molecule has 6 heteroatoms. The zero-order chi connectivity index (χ0) is 17.5. The smallest absolute Gasteiger partial charge is 0.315 e. The lowest BCUT2D eigenvalue weighted by molar-refractivity contribution is 0.239. The van der Waals surface area contributed by atoms with Gasteiger partial charge in [0.25, 0.3) is 0 Å². The highest BCUT2D eigenvalue weighted by Crippen LogP contribution is 2.10. The van der Waals surface area contributed by atoms with Gasteiger partial charge in [0.05, 0.1) is 12.3 Å². The summed E-state index contributed by atoms with van der Waals surface area (Å²) in [5.74, 6) is 0. The van der Waals surface area contributed by atoms with Gasteiger partial charge in [0, 0.05) is 25.5 Å². The minimum absolute atomic E-state index is 0.0420. The first kappa shape index (κ1) is 16.7. The SMILES string of the molecule is O=C(NCc1cccc(-n2cccn2)c1)NCc1ccccc1CO. The predicted molar refractivity (Wildman–Crippen MR) is 95.0 cm³/mol. The van der Waals surface area contributed by atoms with Gasteiger partial charge in [-0.3, -0.25) is 0 Å². The Balaban J connectivity index is 1.53. The summed E-state index contributed by atoms with van der Waals surface area (Å²) in [4.78, 5) is 12.0. The van der Waals surface area contributed by atoms with Gasteiger partial charge in [-0.05, 0) is 34.9 Å². The number of rotatable bonds is 6. The molecule has 128 valence electrons. The minimum Gasteiger partial charge on any atom is -0.392 e. The van der Waals surface area contributed by atoms with Crippen LogP contribution in [0.15, 0.2) is 67.0 Å². The topological polar surface area (TPSA) is 79.2 Å². The Hall–Kier alpha value is -3.12. The number of aromatic nitrogens is 2. The van der Waals surface area contributed by atoms with Crippen LogP contribution < -0.4 is 10.6 Å². The zero-order valence-electron chi connectivity index (χ0n) is 13.7. The Morgan fingerprint density at radius 1 is 1.00 bits per heavy atom. The first-order valence-electron chi connectivity index (χ1n) is 8.04. The Labute approximate surface area is 146 Å². The Bertz CT molecular complexity index is 831. The van der Waals surface area contributed by atoms with Crippen LogP contribution in [0.25, 0.3) is 5.69 Å². The molecule has 3 N–H and O–H groups in total. The summed E-state index contributed by atoms with van der Waals surface area (Å²) in [6, 6.07) is 16.9. The molecule has 2 amide bonds. The lowest BCUT2D eigenvalue weighted by Crippen LogP contribution is -2.34. The van der Waals surface area contributed by atoms with E-state index in [9.17, 15) is 9.90 Å². The van der Waals surface area contributed by atoms with Crippen molar-refractivity contribution in [1.29, 1.82) is 0 Å². The quantitative estimate of drug-likeness (QED) is 0.646. The van der Waals surface area contributed by atoms with Crippen LogP contribution >= 0.6 is 0 Å². The normalized spacial score (nSPS) is 10.4. The molecule has 0 atom stereocenters. The maximum atomic E-state index is 12.0. The number of carbonyl (C=O) groups is 1. The lowest BCUT2D eigenvalue weighted by atomic mass is 10.1. The van der Waals surface area contributed by atoms with Gasteiger partial charge in [-0.1, -0.05) is 36.4 Å². The van der Waals surface area contributed by atoms with Crippen LogP contribution in [0.3, 0.4) is 0 Å². The molecule has 3 rings (SSSR count). The summed E-state index contributed by atoms with van der Waals surface area (Å²) in [7, 11) is 0. The molecular weight excluding hydrogens is 316 g/mol. The second-order valence-corrected chi connectivity index (χ2v) is 5.58. The second kappa shape index (κ2) is 8.12. The van der Waals surface area contributed by atoms with E-state index in [-0.39, 0.29) is 12.6 Å². The number of nitrogens with zero attached hydrogens (tertiary/aromatic N) is 2. The van der Waals surface area contributed by atoms with Crippen LogP contribution in [0.2, 0.25) is 0 Å². The third-order valence-corrected chi connectivity index (χ3v) is 3.86. The van der Waals surface area contributed by atoms with E-state index in [1.165, 1.54) is 0 Å². The third kappa shape index (κ3) is 4.45. The van der Waals surface area contributed by atoms with Crippen molar-refractivity contribution in [2.24, 2.45) is 0 Å². The van der Waals surface area contributed by atoms with Gasteiger partial charge in [-0.15, -0.1) is 0 Å². The van der Waals surface area contributed by atoms with Crippen LogP contribution in [0.4, 0.5) is 4.79 Å². The third-order valence-electron chi connectivity index (χ3n) is 3.86. The van der Waals surface area contributed by atoms with Crippen molar-refractivity contribution in [2.45, 2.75) is 19.7 Å². The van der Waals surface area contributed by atoms with Crippen LogP contribution in [-0.4, -0.2) is 20.9 Å². The molecule has 1 heterocycles. The molecule has 0 fully saturated rings. The van der Waals surface area contributed by atoms with E-state index in [0.29, 0.717) is 13.1 Å². The Morgan fingerprint density at radius 3 is 2.56 bits per heavy atom. The number of hydrogen-bond acceptors (Lipinski definition) is 3. The maximum absolute atomic E-state index is 12.0. The number of benzene rings is 2. The first-order chi connectivity index (χ1) is 12.3. The van der Waals surface area contributed by atoms with Crippen molar-refractivity contribution in [3.63, 3.8) is 0 Å². The molecule has 0 aliphatic carbocycles. The molecule has 0 aliphatic rings. The van der Waals surface area contributed by atoms with Gasteiger partial charge in [0.15, 0.2) is 0 Å². The van der Waals surface area contributed by atoms with Gasteiger partial charge in [-0.2, -0.15) is 5.10 Å². The molecule has 0 unspecified atom stereocenters. The molecule has 25 heavy (non-hydrogen) atoms. The van der Waals surface area contributed by atoms with E-state index in [2.05, 4.69) is 15.7 Å². The molecule has 2 aromatic carbocycles. The minimum atomic E-state index is -0.253. The van der Waals surface area contributed by atoms with Crippen LogP contribution in [0.1, 0.15) is 16.7 Å². The highest BCUT2D eigenvalue weighted by atomic mass is 16.3. The summed E-state index contributed by atoms with van der Waals surface area (Å²) in [6.45, 7) is 0.748. The molecule has 0 bridgehead atoms. The number of carbonyl (C=O) groups excluding carboxylic acids is 1. The largest absolute Gasteiger partial charge is 0.392 e. The average molecular weight is 336 g/mol. The van der Waals surface area contributed by atoms with Crippen LogP contribution in [0.5, 0.6) is 0 Å². The summed E-state index contributed by atoms with van der Waals surface area (Å²) in [5, 5.41) is 19.1. The van der Waals surface area contributed by atoms with E-state index in [1.54, 1.807) is 10.9 Å². The van der Waals surface area contributed by atoms with Gasteiger partial charge in [-0.25, -0.2) is 9.48 Å². The van der Waals surface area contributed by atoms with Gasteiger partial charge in [0.2, 0.25) is 0 Å². The summed E-state index contributed by atoms with van der Waals surface area (Å²) in [6.07, 6.45) is 3.60. The van der Waals surface area contributed by atoms with Crippen molar-refractivity contribution >= 4 is 6.03 Å². The standard InChI is InChI=1S/C19H20N4O2/c24-14-17-7-2-1-6-16(17)13-21-19(25)20-12-15-5-3-8-18(11-15)23-10-4-9-22-23/h1-11,24H,12-14H2,(H2,20,21,25). The molecule has 0 radical (unpaired) electrons. The molecule has 3 aromatic rings. The van der Waals surface area contributed by atoms with E-state index < -0.39 is 0 Å². The number of urea groups is 1. The molecule has 0 aliphatic heterocycles. The van der Waals surface area contributed by atoms with E-state index in [0.717, 1.165) is 22.4 Å². The number of hydrogen-bond donors (Lipinski definition) is 3. The lowest BCUT2D eigenvalue weighted by Gasteiger charge is -2.11. The number of aliphatic hydroxyl groups is 1. The van der Waals surface area contributed by atoms with Crippen molar-refractivity contribution in [3.8, 4) is 5.69 Å². The van der Waals surface area contributed by atoms with Crippen LogP contribution in [0, 0.1) is 0 Å². The van der Waals surface area contributed by atoms with E-state index in [4.69, 9.17) is 0 Å². The Kier molecular flexibility index (Phi) is 5.43. The van der Waals surface area contributed by atoms with Crippen molar-refractivity contribution in [2.75, 3.05) is 0 Å². The molecule has 0 spiro atoms. The summed E-state index contributed by atoms with van der Waals surface area (Å²) in [5.41, 5.74) is 3.65. The van der Waals surface area contributed by atoms with Gasteiger partial charge < -0.3 is 15.7 Å². The fraction of sp³-hybridized carbons (Fsp3) is 0.158. The average Bonchev–Trinajstić information content (AvgIpc) is 3.20. The maximum Gasteiger partial charge on any atom is 0.315 e. The second-order valence-electron chi connectivity index (χ2n) is 5.58. The fourth-order valence-corrected chi connectivity index (χ4v) is 2.54.